The minimum atomic E-state index is -0.586. The van der Waals surface area contributed by atoms with Crippen molar-refractivity contribution in [2.24, 2.45) is 0 Å². The number of rotatable bonds is 5. The molecule has 0 aliphatic carbocycles. The zero-order valence-corrected chi connectivity index (χ0v) is 14.2. The van der Waals surface area contributed by atoms with Crippen LogP contribution in [-0.2, 0) is 18.9 Å². The van der Waals surface area contributed by atoms with E-state index in [1.807, 2.05) is 60.7 Å². The highest BCUT2D eigenvalue weighted by Crippen LogP contribution is 2.40. The van der Waals surface area contributed by atoms with Gasteiger partial charge in [-0.2, -0.15) is 0 Å². The Morgan fingerprint density at radius 2 is 0.962 bits per heavy atom. The van der Waals surface area contributed by atoms with E-state index in [2.05, 4.69) is 0 Å². The normalized spacial score (nSPS) is 34.2. The van der Waals surface area contributed by atoms with Gasteiger partial charge < -0.3 is 29.2 Å². The van der Waals surface area contributed by atoms with E-state index in [-0.39, 0.29) is 13.2 Å². The molecule has 2 aromatic rings. The van der Waals surface area contributed by atoms with Gasteiger partial charge in [-0.05, 0) is 0 Å². The second-order valence-corrected chi connectivity index (χ2v) is 6.40. The third kappa shape index (κ3) is 3.40. The number of aliphatic hydroxyl groups excluding tert-OH is 2. The zero-order chi connectivity index (χ0) is 17.9. The molecule has 0 aromatic heterocycles. The largest absolute Gasteiger partial charge is 0.394 e. The molecule has 2 fully saturated rings. The summed E-state index contributed by atoms with van der Waals surface area (Å²) in [6, 6.07) is 19.1. The van der Waals surface area contributed by atoms with Crippen LogP contribution in [0.5, 0.6) is 0 Å². The van der Waals surface area contributed by atoms with Crippen molar-refractivity contribution in [1.29, 1.82) is 0 Å². The number of aliphatic hydroxyl groups is 2. The van der Waals surface area contributed by atoms with Crippen LogP contribution in [0, 0.1) is 0 Å². The average molecular weight is 358 g/mol. The molecule has 2 aliphatic rings. The van der Waals surface area contributed by atoms with E-state index in [0.717, 1.165) is 11.1 Å². The zero-order valence-electron chi connectivity index (χ0n) is 14.2. The van der Waals surface area contributed by atoms with Gasteiger partial charge in [-0.25, -0.2) is 0 Å². The van der Waals surface area contributed by atoms with Crippen molar-refractivity contribution in [3.63, 3.8) is 0 Å². The maximum atomic E-state index is 9.74. The number of hydrogen-bond acceptors (Lipinski definition) is 6. The van der Waals surface area contributed by atoms with Crippen molar-refractivity contribution in [2.45, 2.75) is 37.0 Å². The molecule has 0 radical (unpaired) electrons. The smallest absolute Gasteiger partial charge is 0.184 e. The summed E-state index contributed by atoms with van der Waals surface area (Å²) in [5, 5.41) is 19.5. The van der Waals surface area contributed by atoms with Gasteiger partial charge in [-0.1, -0.05) is 60.7 Å². The van der Waals surface area contributed by atoms with Crippen LogP contribution in [0.25, 0.3) is 0 Å². The molecule has 138 valence electrons. The molecule has 26 heavy (non-hydrogen) atoms. The first-order valence-electron chi connectivity index (χ1n) is 8.73. The lowest BCUT2D eigenvalue weighted by Crippen LogP contribution is -2.44. The van der Waals surface area contributed by atoms with Crippen molar-refractivity contribution in [3.8, 4) is 0 Å². The predicted octanol–water partition coefficient (Wildman–Crippen LogP) is 1.94. The number of ether oxygens (including phenoxy) is 4. The predicted molar refractivity (Wildman–Crippen MR) is 92.0 cm³/mol. The third-order valence-electron chi connectivity index (χ3n) is 4.72. The fourth-order valence-electron chi connectivity index (χ4n) is 3.40. The molecule has 2 saturated heterocycles. The SMILES string of the molecule is OC[C@@H]1O[C@@H](c2ccccc2)O[C@H]1[C@@H]1O[C@@H](c2ccccc2)O[C@@H]1CO. The average Bonchev–Trinajstić information content (AvgIpc) is 3.33. The molecule has 0 amide bonds. The van der Waals surface area contributed by atoms with Crippen molar-refractivity contribution in [3.05, 3.63) is 71.8 Å². The van der Waals surface area contributed by atoms with E-state index in [9.17, 15) is 10.2 Å². The summed E-state index contributed by atoms with van der Waals surface area (Å²) in [4.78, 5) is 0. The highest BCUT2D eigenvalue weighted by atomic mass is 16.8. The van der Waals surface area contributed by atoms with Crippen LogP contribution in [0.15, 0.2) is 60.7 Å². The Kier molecular flexibility index (Phi) is 5.31. The van der Waals surface area contributed by atoms with E-state index >= 15 is 0 Å². The monoisotopic (exact) mass is 358 g/mol. The molecule has 2 aliphatic heterocycles. The van der Waals surface area contributed by atoms with Crippen molar-refractivity contribution < 1.29 is 29.2 Å². The molecule has 4 rings (SSSR count). The topological polar surface area (TPSA) is 77.4 Å². The van der Waals surface area contributed by atoms with Crippen molar-refractivity contribution >= 4 is 0 Å². The van der Waals surface area contributed by atoms with Gasteiger partial charge in [-0.15, -0.1) is 0 Å². The van der Waals surface area contributed by atoms with Crippen LogP contribution in [0.3, 0.4) is 0 Å². The standard InChI is InChI=1S/C20H22O6/c21-11-15-17(25-19(23-15)13-7-3-1-4-8-13)18-16(12-22)24-20(26-18)14-9-5-2-6-10-14/h1-10,15-22H,11-12H2/t15-,16+,17-,18-,19+,20-/m1/s1. The first-order valence-corrected chi connectivity index (χ1v) is 8.73. The van der Waals surface area contributed by atoms with Gasteiger partial charge in [-0.3, -0.25) is 0 Å². The van der Waals surface area contributed by atoms with Gasteiger partial charge in [0.15, 0.2) is 12.6 Å². The lowest BCUT2D eigenvalue weighted by Gasteiger charge is -2.23. The summed E-state index contributed by atoms with van der Waals surface area (Å²) in [5.74, 6) is 0. The minimum absolute atomic E-state index is 0.206. The highest BCUT2D eigenvalue weighted by Gasteiger charge is 2.49. The molecule has 6 nitrogen and oxygen atoms in total. The minimum Gasteiger partial charge on any atom is -0.394 e. The first kappa shape index (κ1) is 17.6. The molecule has 6 atom stereocenters. The van der Waals surface area contributed by atoms with Gasteiger partial charge in [0.05, 0.1) is 13.2 Å². The van der Waals surface area contributed by atoms with E-state index < -0.39 is 37.0 Å². The lowest BCUT2D eigenvalue weighted by molar-refractivity contribution is -0.107. The maximum absolute atomic E-state index is 9.74. The summed E-state index contributed by atoms with van der Waals surface area (Å²) in [6.07, 6.45) is -3.38. The Bertz CT molecular complexity index is 632. The van der Waals surface area contributed by atoms with Gasteiger partial charge in [0.25, 0.3) is 0 Å². The first-order chi connectivity index (χ1) is 12.8. The molecular formula is C20H22O6. The van der Waals surface area contributed by atoms with Gasteiger partial charge in [0, 0.05) is 11.1 Å². The van der Waals surface area contributed by atoms with Crippen LogP contribution in [0.2, 0.25) is 0 Å². The number of hydrogen-bond donors (Lipinski definition) is 2. The summed E-state index contributed by atoms with van der Waals surface area (Å²) in [6.45, 7) is -0.413. The van der Waals surface area contributed by atoms with Gasteiger partial charge >= 0.3 is 0 Å². The molecular weight excluding hydrogens is 336 g/mol. The molecule has 6 heteroatoms. The van der Waals surface area contributed by atoms with E-state index in [4.69, 9.17) is 18.9 Å². The molecule has 2 aromatic carbocycles. The van der Waals surface area contributed by atoms with Crippen LogP contribution >= 0.6 is 0 Å². The Balaban J connectivity index is 1.53. The lowest BCUT2D eigenvalue weighted by atomic mass is 10.0. The van der Waals surface area contributed by atoms with Crippen LogP contribution in [-0.4, -0.2) is 47.8 Å². The van der Waals surface area contributed by atoms with E-state index in [1.165, 1.54) is 0 Å². The Morgan fingerprint density at radius 3 is 1.31 bits per heavy atom. The molecule has 0 saturated carbocycles. The highest BCUT2D eigenvalue weighted by molar-refractivity contribution is 5.18. The molecule has 2 N–H and O–H groups in total. The molecule has 0 unspecified atom stereocenters. The summed E-state index contributed by atoms with van der Waals surface area (Å²) < 4.78 is 23.8. The fourth-order valence-corrected chi connectivity index (χ4v) is 3.40. The summed E-state index contributed by atoms with van der Waals surface area (Å²) in [5.41, 5.74) is 1.74. The second kappa shape index (κ2) is 7.84. The summed E-state index contributed by atoms with van der Waals surface area (Å²) in [7, 11) is 0. The fraction of sp³-hybridized carbons (Fsp3) is 0.400. The Morgan fingerprint density at radius 1 is 0.577 bits per heavy atom. The third-order valence-corrected chi connectivity index (χ3v) is 4.72. The van der Waals surface area contributed by atoms with E-state index in [1.54, 1.807) is 0 Å². The second-order valence-electron chi connectivity index (χ2n) is 6.40. The molecule has 0 spiro atoms. The van der Waals surface area contributed by atoms with Crippen molar-refractivity contribution in [1.82, 2.24) is 0 Å². The van der Waals surface area contributed by atoms with E-state index in [0.29, 0.717) is 0 Å². The quantitative estimate of drug-likeness (QED) is 0.851. The summed E-state index contributed by atoms with van der Waals surface area (Å²) >= 11 is 0. The molecule has 0 bridgehead atoms. The number of benzene rings is 2. The van der Waals surface area contributed by atoms with Gasteiger partial charge in [0.1, 0.15) is 24.4 Å². The van der Waals surface area contributed by atoms with Crippen LogP contribution < -0.4 is 0 Å². The Labute approximate surface area is 151 Å². The molecule has 2 heterocycles. The Hall–Kier alpha value is -1.80. The van der Waals surface area contributed by atoms with Crippen LogP contribution in [0.4, 0.5) is 0 Å². The van der Waals surface area contributed by atoms with Crippen molar-refractivity contribution in [2.75, 3.05) is 13.2 Å². The maximum Gasteiger partial charge on any atom is 0.184 e. The van der Waals surface area contributed by atoms with Crippen LogP contribution in [0.1, 0.15) is 23.7 Å². The van der Waals surface area contributed by atoms with Gasteiger partial charge in [0.2, 0.25) is 0 Å².